The number of hydrogen-bond acceptors (Lipinski definition) is 4. The van der Waals surface area contributed by atoms with Crippen LogP contribution < -0.4 is 5.63 Å². The van der Waals surface area contributed by atoms with Crippen LogP contribution in [0.5, 0.6) is 5.75 Å². The molecule has 0 radical (unpaired) electrons. The van der Waals surface area contributed by atoms with Gasteiger partial charge in [0.05, 0.1) is 11.9 Å². The van der Waals surface area contributed by atoms with Crippen LogP contribution >= 0.6 is 0 Å². The van der Waals surface area contributed by atoms with Gasteiger partial charge < -0.3 is 9.52 Å². The Balaban J connectivity index is 1.68. The van der Waals surface area contributed by atoms with E-state index >= 15 is 0 Å². The molecule has 2 heterocycles. The topological polar surface area (TPSA) is 53.7 Å². The van der Waals surface area contributed by atoms with Gasteiger partial charge >= 0.3 is 5.63 Å². The smallest absolute Gasteiger partial charge is 0.344 e. The molecule has 1 fully saturated rings. The van der Waals surface area contributed by atoms with Crippen molar-refractivity contribution < 1.29 is 9.52 Å². The van der Waals surface area contributed by atoms with Gasteiger partial charge in [0, 0.05) is 22.4 Å². The summed E-state index contributed by atoms with van der Waals surface area (Å²) >= 11 is 0. The highest BCUT2D eigenvalue weighted by atomic mass is 16.4. The van der Waals surface area contributed by atoms with Gasteiger partial charge in [-0.3, -0.25) is 4.90 Å². The molecule has 1 aliphatic rings. The van der Waals surface area contributed by atoms with Gasteiger partial charge in [-0.15, -0.1) is 0 Å². The lowest BCUT2D eigenvalue weighted by molar-refractivity contribution is 0.255. The van der Waals surface area contributed by atoms with Crippen LogP contribution in [0.2, 0.25) is 0 Å². The van der Waals surface area contributed by atoms with Gasteiger partial charge in [0.1, 0.15) is 11.3 Å². The monoisotopic (exact) mass is 333 g/mol. The fourth-order valence-electron chi connectivity index (χ4n) is 3.37. The van der Waals surface area contributed by atoms with Gasteiger partial charge in [-0.1, -0.05) is 24.3 Å². The Bertz CT molecular complexity index is 1050. The van der Waals surface area contributed by atoms with Crippen LogP contribution in [-0.4, -0.2) is 29.6 Å². The molecule has 1 N–H and O–H groups in total. The van der Waals surface area contributed by atoms with Gasteiger partial charge in [-0.05, 0) is 50.2 Å². The molecule has 1 aliphatic heterocycles. The minimum Gasteiger partial charge on any atom is -0.508 e. The third-order valence-electron chi connectivity index (χ3n) is 4.68. The molecule has 4 rings (SSSR count). The maximum atomic E-state index is 12.3. The van der Waals surface area contributed by atoms with Crippen molar-refractivity contribution >= 4 is 21.7 Å². The van der Waals surface area contributed by atoms with Crippen LogP contribution in [0.1, 0.15) is 24.8 Å². The van der Waals surface area contributed by atoms with E-state index in [4.69, 9.17) is 4.42 Å². The number of phenols is 1. The summed E-state index contributed by atoms with van der Waals surface area (Å²) < 4.78 is 5.34. The van der Waals surface area contributed by atoms with Gasteiger partial charge in [0.15, 0.2) is 0 Å². The maximum Gasteiger partial charge on any atom is 0.344 e. The zero-order chi connectivity index (χ0) is 17.2. The fourth-order valence-corrected chi connectivity index (χ4v) is 3.37. The summed E-state index contributed by atoms with van der Waals surface area (Å²) in [4.78, 5) is 14.6. The summed E-state index contributed by atoms with van der Waals surface area (Å²) in [7, 11) is 0. The zero-order valence-corrected chi connectivity index (χ0v) is 13.9. The summed E-state index contributed by atoms with van der Waals surface area (Å²) in [5, 5.41) is 11.7. The average molecular weight is 333 g/mol. The van der Waals surface area contributed by atoms with Crippen molar-refractivity contribution in [1.29, 1.82) is 0 Å². The Labute approximate surface area is 145 Å². The average Bonchev–Trinajstić information content (AvgIpc) is 2.63. The van der Waals surface area contributed by atoms with Crippen LogP contribution in [0.15, 0.2) is 45.6 Å². The second-order valence-electron chi connectivity index (χ2n) is 6.47. The number of fused-ring (bicyclic) bond motifs is 3. The van der Waals surface area contributed by atoms with Crippen LogP contribution in [0.3, 0.4) is 0 Å². The molecule has 4 heteroatoms. The van der Waals surface area contributed by atoms with Crippen molar-refractivity contribution in [3.63, 3.8) is 0 Å². The molecule has 0 spiro atoms. The number of benzene rings is 2. The summed E-state index contributed by atoms with van der Waals surface area (Å²) in [6.45, 7) is 3.01. The largest absolute Gasteiger partial charge is 0.508 e. The molecule has 4 nitrogen and oxygen atoms in total. The highest BCUT2D eigenvalue weighted by molar-refractivity contribution is 6.04. The van der Waals surface area contributed by atoms with E-state index < -0.39 is 5.63 Å². The molecule has 1 aromatic heterocycles. The number of piperidine rings is 1. The summed E-state index contributed by atoms with van der Waals surface area (Å²) in [6, 6.07) is 10.4. The van der Waals surface area contributed by atoms with Crippen molar-refractivity contribution in [3.8, 4) is 17.6 Å². The second kappa shape index (κ2) is 6.62. The quantitative estimate of drug-likeness (QED) is 0.421. The number of likely N-dealkylation sites (tertiary alicyclic amines) is 1. The molecule has 126 valence electrons. The van der Waals surface area contributed by atoms with Crippen molar-refractivity contribution in [2.75, 3.05) is 19.6 Å². The van der Waals surface area contributed by atoms with Crippen LogP contribution in [0.25, 0.3) is 21.7 Å². The van der Waals surface area contributed by atoms with Crippen molar-refractivity contribution in [2.24, 2.45) is 0 Å². The third-order valence-corrected chi connectivity index (χ3v) is 4.68. The first-order valence-electron chi connectivity index (χ1n) is 8.61. The van der Waals surface area contributed by atoms with E-state index in [9.17, 15) is 9.90 Å². The van der Waals surface area contributed by atoms with Gasteiger partial charge in [0.2, 0.25) is 0 Å². The minimum atomic E-state index is -0.409. The molecule has 0 amide bonds. The second-order valence-corrected chi connectivity index (χ2v) is 6.47. The Morgan fingerprint density at radius 2 is 1.80 bits per heavy atom. The standard InChI is InChI=1S/C21H19NO3/c23-16-7-9-18-17-8-6-15(5-4-12-22-10-2-1-3-11-22)13-19(17)21(24)25-20(18)14-16/h6-9,13-14,23H,1-3,10-12H2. The van der Waals surface area contributed by atoms with E-state index in [0.29, 0.717) is 11.0 Å². The number of rotatable bonds is 1. The SMILES string of the molecule is O=c1oc2cc(O)ccc2c2ccc(C#CCN3CCCCC3)cc12. The van der Waals surface area contributed by atoms with Gasteiger partial charge in [0.25, 0.3) is 0 Å². The molecule has 0 atom stereocenters. The van der Waals surface area contributed by atoms with Crippen molar-refractivity contribution in [3.05, 3.63) is 52.4 Å². The molecule has 0 bridgehead atoms. The Kier molecular flexibility index (Phi) is 4.17. The van der Waals surface area contributed by atoms with E-state index in [2.05, 4.69) is 16.7 Å². The number of hydrogen-bond donors (Lipinski definition) is 1. The Morgan fingerprint density at radius 1 is 1.00 bits per heavy atom. The molecule has 0 aliphatic carbocycles. The van der Waals surface area contributed by atoms with Crippen LogP contribution in [0, 0.1) is 11.8 Å². The van der Waals surface area contributed by atoms with Crippen molar-refractivity contribution in [2.45, 2.75) is 19.3 Å². The lowest BCUT2D eigenvalue weighted by atomic mass is 10.0. The Hall–Kier alpha value is -2.77. The van der Waals surface area contributed by atoms with Crippen LogP contribution in [-0.2, 0) is 0 Å². The molecule has 0 unspecified atom stereocenters. The highest BCUT2D eigenvalue weighted by Crippen LogP contribution is 2.26. The first-order chi connectivity index (χ1) is 12.2. The van der Waals surface area contributed by atoms with E-state index in [1.165, 1.54) is 25.3 Å². The molecular formula is C21H19NO3. The van der Waals surface area contributed by atoms with Gasteiger partial charge in [-0.25, -0.2) is 4.79 Å². The zero-order valence-electron chi connectivity index (χ0n) is 13.9. The molecular weight excluding hydrogens is 314 g/mol. The predicted molar refractivity (Wildman–Crippen MR) is 98.8 cm³/mol. The van der Waals surface area contributed by atoms with Crippen LogP contribution in [0.4, 0.5) is 0 Å². The van der Waals surface area contributed by atoms with E-state index in [-0.39, 0.29) is 5.75 Å². The van der Waals surface area contributed by atoms with E-state index in [1.807, 2.05) is 12.1 Å². The lowest BCUT2D eigenvalue weighted by Crippen LogP contribution is -2.29. The first kappa shape index (κ1) is 15.7. The lowest BCUT2D eigenvalue weighted by Gasteiger charge is -2.23. The van der Waals surface area contributed by atoms with E-state index in [1.54, 1.807) is 18.2 Å². The van der Waals surface area contributed by atoms with E-state index in [0.717, 1.165) is 36.0 Å². The molecule has 0 saturated carbocycles. The molecule has 2 aromatic carbocycles. The third kappa shape index (κ3) is 3.24. The summed E-state index contributed by atoms with van der Waals surface area (Å²) in [6.07, 6.45) is 3.82. The Morgan fingerprint density at radius 3 is 2.64 bits per heavy atom. The number of phenolic OH excluding ortho intramolecular Hbond substituents is 1. The van der Waals surface area contributed by atoms with Crippen molar-refractivity contribution in [1.82, 2.24) is 4.90 Å². The number of aromatic hydroxyl groups is 1. The summed E-state index contributed by atoms with van der Waals surface area (Å²) in [5.41, 5.74) is 0.796. The molecule has 1 saturated heterocycles. The maximum absolute atomic E-state index is 12.3. The van der Waals surface area contributed by atoms with Gasteiger partial charge in [-0.2, -0.15) is 0 Å². The minimum absolute atomic E-state index is 0.0789. The molecule has 25 heavy (non-hydrogen) atoms. The summed E-state index contributed by atoms with van der Waals surface area (Å²) in [5.74, 6) is 6.45. The first-order valence-corrected chi connectivity index (χ1v) is 8.61. The normalized spacial score (nSPS) is 15.2. The highest BCUT2D eigenvalue weighted by Gasteiger charge is 2.09. The fraction of sp³-hybridized carbons (Fsp3) is 0.286. The molecule has 3 aromatic rings. The predicted octanol–water partition coefficient (Wildman–Crippen LogP) is 3.49. The number of nitrogens with zero attached hydrogens (tertiary/aromatic N) is 1.